The second-order valence-corrected chi connectivity index (χ2v) is 2.67. The van der Waals surface area contributed by atoms with Crippen LogP contribution in [-0.4, -0.2) is 13.0 Å². The maximum absolute atomic E-state index is 11.4. The first-order valence-corrected chi connectivity index (χ1v) is 6.23. The number of hydrogen-bond donors (Lipinski definition) is 1. The number of amides is 1. The summed E-state index contributed by atoms with van der Waals surface area (Å²) in [5.41, 5.74) is 1.66. The Bertz CT molecular complexity index is 329. The molecule has 0 bridgehead atoms. The maximum Gasteiger partial charge on any atom is 0.251 e. The van der Waals surface area contributed by atoms with Crippen LogP contribution in [0.15, 0.2) is 30.3 Å². The van der Waals surface area contributed by atoms with E-state index in [1.807, 2.05) is 71.0 Å². The molecule has 96 valence electrons. The average Bonchev–Trinajstić information content (AvgIpc) is 2.43. The van der Waals surface area contributed by atoms with E-state index in [4.69, 9.17) is 0 Å². The van der Waals surface area contributed by atoms with E-state index in [0.29, 0.717) is 5.56 Å². The Labute approximate surface area is 106 Å². The first-order valence-electron chi connectivity index (χ1n) is 6.23. The molecule has 17 heavy (non-hydrogen) atoms. The summed E-state index contributed by atoms with van der Waals surface area (Å²) in [6.45, 7) is 9.93. The van der Waals surface area contributed by atoms with E-state index in [1.165, 1.54) is 0 Å². The Balaban J connectivity index is 0. The Morgan fingerprint density at radius 3 is 2.12 bits per heavy atom. The summed E-state index contributed by atoms with van der Waals surface area (Å²) >= 11 is 0. The molecule has 0 saturated heterocycles. The number of benzene rings is 1. The molecule has 0 radical (unpaired) electrons. The molecule has 0 unspecified atom stereocenters. The van der Waals surface area contributed by atoms with E-state index >= 15 is 0 Å². The lowest BCUT2D eigenvalue weighted by Gasteiger charge is -2.03. The van der Waals surface area contributed by atoms with Crippen LogP contribution in [0.3, 0.4) is 0 Å². The molecule has 2 heteroatoms. The van der Waals surface area contributed by atoms with Crippen LogP contribution in [0, 0.1) is 0 Å². The Hall–Kier alpha value is -1.57. The van der Waals surface area contributed by atoms with Crippen LogP contribution in [0.4, 0.5) is 0 Å². The van der Waals surface area contributed by atoms with Gasteiger partial charge in [0.25, 0.3) is 5.91 Å². The van der Waals surface area contributed by atoms with Crippen molar-refractivity contribution in [2.45, 2.75) is 34.6 Å². The average molecular weight is 235 g/mol. The molecule has 0 fully saturated rings. The molecule has 1 rings (SSSR count). The summed E-state index contributed by atoms with van der Waals surface area (Å²) in [4.78, 5) is 11.4. The summed E-state index contributed by atoms with van der Waals surface area (Å²) < 4.78 is 0. The fraction of sp³-hybridized carbons (Fsp3) is 0.400. The molecular formula is C15H25NO. The number of nitrogens with one attached hydrogen (secondary N) is 1. The molecule has 0 spiro atoms. The van der Waals surface area contributed by atoms with Crippen LogP contribution < -0.4 is 5.32 Å². The highest BCUT2D eigenvalue weighted by molar-refractivity contribution is 5.97. The van der Waals surface area contributed by atoms with Gasteiger partial charge in [-0.25, -0.2) is 0 Å². The molecule has 0 atom stereocenters. The zero-order chi connectivity index (χ0) is 13.7. The molecule has 0 aliphatic carbocycles. The van der Waals surface area contributed by atoms with Gasteiger partial charge in [-0.2, -0.15) is 0 Å². The van der Waals surface area contributed by atoms with Crippen molar-refractivity contribution in [2.24, 2.45) is 0 Å². The molecule has 1 aromatic carbocycles. The second-order valence-electron chi connectivity index (χ2n) is 2.67. The van der Waals surface area contributed by atoms with E-state index in [-0.39, 0.29) is 5.91 Å². The van der Waals surface area contributed by atoms with Crippen molar-refractivity contribution >= 4 is 12.0 Å². The predicted molar refractivity (Wildman–Crippen MR) is 77.2 cm³/mol. The van der Waals surface area contributed by atoms with E-state index in [1.54, 1.807) is 7.05 Å². The van der Waals surface area contributed by atoms with E-state index < -0.39 is 0 Å². The Morgan fingerprint density at radius 2 is 1.65 bits per heavy atom. The van der Waals surface area contributed by atoms with Crippen LogP contribution in [-0.2, 0) is 0 Å². The van der Waals surface area contributed by atoms with Crippen molar-refractivity contribution in [3.05, 3.63) is 41.5 Å². The molecule has 0 aliphatic rings. The molecular weight excluding hydrogens is 210 g/mol. The fourth-order valence-corrected chi connectivity index (χ4v) is 1.16. The Morgan fingerprint density at radius 1 is 1.12 bits per heavy atom. The highest BCUT2D eigenvalue weighted by Gasteiger charge is 2.05. The van der Waals surface area contributed by atoms with Crippen LogP contribution in [0.5, 0.6) is 0 Å². The van der Waals surface area contributed by atoms with E-state index in [0.717, 1.165) is 5.56 Å². The normalized spacial score (nSPS) is 8.59. The number of allylic oxidation sites excluding steroid dienone is 1. The van der Waals surface area contributed by atoms with Gasteiger partial charge in [-0.3, -0.25) is 4.79 Å². The van der Waals surface area contributed by atoms with Crippen molar-refractivity contribution in [1.82, 2.24) is 5.32 Å². The van der Waals surface area contributed by atoms with Gasteiger partial charge in [0.2, 0.25) is 0 Å². The fourth-order valence-electron chi connectivity index (χ4n) is 1.16. The van der Waals surface area contributed by atoms with Crippen molar-refractivity contribution in [3.8, 4) is 0 Å². The van der Waals surface area contributed by atoms with Gasteiger partial charge in [0.15, 0.2) is 0 Å². The number of carbonyl (C=O) groups excluding carboxylic acids is 1. The van der Waals surface area contributed by atoms with Gasteiger partial charge in [-0.15, -0.1) is 0 Å². The van der Waals surface area contributed by atoms with E-state index in [9.17, 15) is 4.79 Å². The monoisotopic (exact) mass is 235 g/mol. The summed E-state index contributed by atoms with van der Waals surface area (Å²) in [6, 6.07) is 7.51. The highest BCUT2D eigenvalue weighted by atomic mass is 16.1. The summed E-state index contributed by atoms with van der Waals surface area (Å²) in [5.74, 6) is -0.0475. The maximum atomic E-state index is 11.4. The third-order valence-corrected chi connectivity index (χ3v) is 1.78. The summed E-state index contributed by atoms with van der Waals surface area (Å²) in [5, 5.41) is 2.61. The standard InChI is InChI=1S/C11H13NO.2C2H6/c1-3-6-9-7-4-5-8-10(9)11(13)12-2;2*1-2/h3-8H,1-2H3,(H,12,13);2*1-2H3/b6-3-;;. The van der Waals surface area contributed by atoms with Crippen LogP contribution in [0.1, 0.15) is 50.5 Å². The lowest BCUT2D eigenvalue weighted by Crippen LogP contribution is -2.18. The van der Waals surface area contributed by atoms with E-state index in [2.05, 4.69) is 5.32 Å². The number of hydrogen-bond acceptors (Lipinski definition) is 1. The number of carbonyl (C=O) groups is 1. The molecule has 0 heterocycles. The minimum absolute atomic E-state index is 0.0475. The van der Waals surface area contributed by atoms with Crippen LogP contribution in [0.2, 0.25) is 0 Å². The van der Waals surface area contributed by atoms with Gasteiger partial charge in [-0.1, -0.05) is 58.0 Å². The zero-order valence-corrected chi connectivity index (χ0v) is 11.9. The molecule has 1 N–H and O–H groups in total. The van der Waals surface area contributed by atoms with Crippen LogP contribution >= 0.6 is 0 Å². The third-order valence-electron chi connectivity index (χ3n) is 1.78. The lowest BCUT2D eigenvalue weighted by molar-refractivity contribution is 0.0963. The van der Waals surface area contributed by atoms with Crippen molar-refractivity contribution in [2.75, 3.05) is 7.05 Å². The van der Waals surface area contributed by atoms with Gasteiger partial charge in [0, 0.05) is 12.6 Å². The lowest BCUT2D eigenvalue weighted by atomic mass is 10.1. The van der Waals surface area contributed by atoms with Crippen molar-refractivity contribution in [3.63, 3.8) is 0 Å². The molecule has 2 nitrogen and oxygen atoms in total. The molecule has 0 aliphatic heterocycles. The van der Waals surface area contributed by atoms with Gasteiger partial charge >= 0.3 is 0 Å². The Kier molecular flexibility index (Phi) is 13.1. The minimum Gasteiger partial charge on any atom is -0.355 e. The quantitative estimate of drug-likeness (QED) is 0.820. The van der Waals surface area contributed by atoms with Crippen molar-refractivity contribution < 1.29 is 4.79 Å². The molecule has 1 amide bonds. The second kappa shape index (κ2) is 12.5. The van der Waals surface area contributed by atoms with Gasteiger partial charge in [0.05, 0.1) is 0 Å². The predicted octanol–water partition coefficient (Wildman–Crippen LogP) is 4.13. The van der Waals surface area contributed by atoms with Crippen molar-refractivity contribution in [1.29, 1.82) is 0 Å². The first-order chi connectivity index (χ1) is 8.29. The zero-order valence-electron chi connectivity index (χ0n) is 11.9. The molecule has 0 saturated carbocycles. The summed E-state index contributed by atoms with van der Waals surface area (Å²) in [7, 11) is 1.63. The van der Waals surface area contributed by atoms with Gasteiger partial charge < -0.3 is 5.32 Å². The van der Waals surface area contributed by atoms with Gasteiger partial charge in [0.1, 0.15) is 0 Å². The SMILES string of the molecule is C/C=C\c1ccccc1C(=O)NC.CC.CC. The topological polar surface area (TPSA) is 29.1 Å². The summed E-state index contributed by atoms with van der Waals surface area (Å²) in [6.07, 6.45) is 3.84. The largest absolute Gasteiger partial charge is 0.355 e. The minimum atomic E-state index is -0.0475. The number of rotatable bonds is 2. The van der Waals surface area contributed by atoms with Crippen LogP contribution in [0.25, 0.3) is 6.08 Å². The molecule has 1 aromatic rings. The highest BCUT2D eigenvalue weighted by Crippen LogP contribution is 2.10. The first kappa shape index (κ1) is 17.8. The molecule has 0 aromatic heterocycles. The third kappa shape index (κ3) is 6.56. The van der Waals surface area contributed by atoms with Gasteiger partial charge in [-0.05, 0) is 18.6 Å². The smallest absolute Gasteiger partial charge is 0.251 e.